The molecule has 0 atom stereocenters. The van der Waals surface area contributed by atoms with Crippen molar-refractivity contribution >= 4 is 26.7 Å². The van der Waals surface area contributed by atoms with E-state index < -0.39 is 0 Å². The maximum atomic E-state index is 3.80. The number of hydrogen-bond donors (Lipinski definition) is 0. The fourth-order valence-corrected chi connectivity index (χ4v) is 4.53. The lowest BCUT2D eigenvalue weighted by molar-refractivity contribution is 0.657. The zero-order valence-electron chi connectivity index (χ0n) is 11.6. The van der Waals surface area contributed by atoms with Crippen molar-refractivity contribution in [2.75, 3.05) is 0 Å². The van der Waals surface area contributed by atoms with E-state index in [0.29, 0.717) is 0 Å². The van der Waals surface area contributed by atoms with E-state index in [4.69, 9.17) is 0 Å². The van der Waals surface area contributed by atoms with Crippen molar-refractivity contribution in [3.8, 4) is 11.1 Å². The predicted molar refractivity (Wildman–Crippen MR) is 89.2 cm³/mol. The molecule has 0 bridgehead atoms. The summed E-state index contributed by atoms with van der Waals surface area (Å²) in [7, 11) is 0. The Balaban J connectivity index is 2.26. The van der Waals surface area contributed by atoms with Gasteiger partial charge in [-0.3, -0.25) is 0 Å². The highest BCUT2D eigenvalue weighted by Crippen LogP contribution is 2.53. The fraction of sp³-hybridized carbons (Fsp3) is 0.158. The quantitative estimate of drug-likeness (QED) is 0.482. The van der Waals surface area contributed by atoms with Crippen molar-refractivity contribution < 1.29 is 0 Å². The standard InChI is InChI=1S/C19H15Br/c1-19(2)15-10-6-5-9-14(15)17-13-8-4-3-7-12(13)11-16(20)18(17)19/h3-11H,1-2H3. The molecule has 98 valence electrons. The fourth-order valence-electron chi connectivity index (χ4n) is 3.58. The second-order valence-corrected chi connectivity index (χ2v) is 6.85. The molecule has 0 fully saturated rings. The van der Waals surface area contributed by atoms with Gasteiger partial charge in [-0.2, -0.15) is 0 Å². The molecule has 0 saturated carbocycles. The molecular weight excluding hydrogens is 308 g/mol. The molecule has 0 nitrogen and oxygen atoms in total. The van der Waals surface area contributed by atoms with Crippen LogP contribution in [0, 0.1) is 0 Å². The second-order valence-electron chi connectivity index (χ2n) is 6.00. The summed E-state index contributed by atoms with van der Waals surface area (Å²) in [5.74, 6) is 0. The highest BCUT2D eigenvalue weighted by molar-refractivity contribution is 9.10. The van der Waals surface area contributed by atoms with Crippen LogP contribution in [0.25, 0.3) is 21.9 Å². The number of fused-ring (bicyclic) bond motifs is 5. The van der Waals surface area contributed by atoms with Gasteiger partial charge in [-0.1, -0.05) is 78.3 Å². The smallest absolute Gasteiger partial charge is 0.0228 e. The zero-order valence-corrected chi connectivity index (χ0v) is 13.2. The van der Waals surface area contributed by atoms with Crippen molar-refractivity contribution in [2.45, 2.75) is 19.3 Å². The van der Waals surface area contributed by atoms with E-state index in [0.717, 1.165) is 0 Å². The highest BCUT2D eigenvalue weighted by atomic mass is 79.9. The van der Waals surface area contributed by atoms with Gasteiger partial charge >= 0.3 is 0 Å². The monoisotopic (exact) mass is 322 g/mol. The van der Waals surface area contributed by atoms with Gasteiger partial charge in [0.2, 0.25) is 0 Å². The van der Waals surface area contributed by atoms with Gasteiger partial charge in [0.15, 0.2) is 0 Å². The first-order chi connectivity index (χ1) is 9.60. The summed E-state index contributed by atoms with van der Waals surface area (Å²) in [6, 6.07) is 19.7. The molecule has 0 heterocycles. The van der Waals surface area contributed by atoms with Crippen LogP contribution in [0.4, 0.5) is 0 Å². The van der Waals surface area contributed by atoms with Crippen LogP contribution in [-0.4, -0.2) is 0 Å². The number of rotatable bonds is 0. The molecule has 0 aliphatic heterocycles. The van der Waals surface area contributed by atoms with Gasteiger partial charge in [-0.25, -0.2) is 0 Å². The number of hydrogen-bond acceptors (Lipinski definition) is 0. The first kappa shape index (κ1) is 12.2. The van der Waals surface area contributed by atoms with Crippen LogP contribution in [0.2, 0.25) is 0 Å². The molecule has 0 saturated heterocycles. The Morgan fingerprint density at radius 1 is 0.900 bits per heavy atom. The van der Waals surface area contributed by atoms with Crippen LogP contribution in [-0.2, 0) is 5.41 Å². The van der Waals surface area contributed by atoms with E-state index in [-0.39, 0.29) is 5.41 Å². The van der Waals surface area contributed by atoms with Gasteiger partial charge in [-0.15, -0.1) is 0 Å². The third-order valence-electron chi connectivity index (χ3n) is 4.50. The summed E-state index contributed by atoms with van der Waals surface area (Å²) in [6.45, 7) is 4.63. The van der Waals surface area contributed by atoms with Crippen molar-refractivity contribution in [1.82, 2.24) is 0 Å². The van der Waals surface area contributed by atoms with E-state index in [1.807, 2.05) is 0 Å². The Labute approximate surface area is 127 Å². The Hall–Kier alpha value is -1.60. The summed E-state index contributed by atoms with van der Waals surface area (Å²) >= 11 is 3.80. The Kier molecular flexibility index (Phi) is 2.41. The molecule has 0 radical (unpaired) electrons. The third kappa shape index (κ3) is 1.42. The van der Waals surface area contributed by atoms with Crippen molar-refractivity contribution in [2.24, 2.45) is 0 Å². The van der Waals surface area contributed by atoms with Gasteiger partial charge in [0.1, 0.15) is 0 Å². The predicted octanol–water partition coefficient (Wildman–Crippen LogP) is 5.91. The molecule has 0 spiro atoms. The van der Waals surface area contributed by atoms with Gasteiger partial charge < -0.3 is 0 Å². The summed E-state index contributed by atoms with van der Waals surface area (Å²) in [5.41, 5.74) is 5.67. The molecule has 0 N–H and O–H groups in total. The van der Waals surface area contributed by atoms with Gasteiger partial charge in [0, 0.05) is 9.89 Å². The molecule has 1 aliphatic rings. The van der Waals surface area contributed by atoms with E-state index in [1.165, 1.54) is 37.5 Å². The minimum absolute atomic E-state index is 0.0504. The highest BCUT2D eigenvalue weighted by Gasteiger charge is 2.37. The molecule has 1 aliphatic carbocycles. The topological polar surface area (TPSA) is 0 Å². The summed E-state index contributed by atoms with van der Waals surface area (Å²) in [6.07, 6.45) is 0. The summed E-state index contributed by atoms with van der Waals surface area (Å²) < 4.78 is 1.22. The Morgan fingerprint density at radius 3 is 2.45 bits per heavy atom. The summed E-state index contributed by atoms with van der Waals surface area (Å²) in [4.78, 5) is 0. The van der Waals surface area contributed by atoms with Gasteiger partial charge in [0.25, 0.3) is 0 Å². The summed E-state index contributed by atoms with van der Waals surface area (Å²) in [5, 5.41) is 2.65. The molecule has 3 aromatic rings. The maximum Gasteiger partial charge on any atom is 0.0228 e. The largest absolute Gasteiger partial charge is 0.0619 e. The molecule has 20 heavy (non-hydrogen) atoms. The van der Waals surface area contributed by atoms with E-state index in [2.05, 4.69) is 84.4 Å². The number of halogens is 1. The van der Waals surface area contributed by atoms with Crippen LogP contribution in [0.5, 0.6) is 0 Å². The van der Waals surface area contributed by atoms with Crippen LogP contribution in [0.15, 0.2) is 59.1 Å². The van der Waals surface area contributed by atoms with Gasteiger partial charge in [-0.05, 0) is 39.1 Å². The SMILES string of the molecule is CC1(C)c2ccccc2-c2c1c(Br)cc1ccccc21. The minimum atomic E-state index is 0.0504. The zero-order chi connectivity index (χ0) is 13.9. The lowest BCUT2D eigenvalue weighted by Gasteiger charge is -2.23. The average Bonchev–Trinajstić information content (AvgIpc) is 2.69. The minimum Gasteiger partial charge on any atom is -0.0619 e. The Bertz CT molecular complexity index is 844. The van der Waals surface area contributed by atoms with E-state index >= 15 is 0 Å². The first-order valence-electron chi connectivity index (χ1n) is 6.92. The van der Waals surface area contributed by atoms with E-state index in [9.17, 15) is 0 Å². The normalized spacial score (nSPS) is 15.2. The van der Waals surface area contributed by atoms with Gasteiger partial charge in [0.05, 0.1) is 0 Å². The van der Waals surface area contributed by atoms with Crippen LogP contribution in [0.3, 0.4) is 0 Å². The second kappa shape index (κ2) is 3.95. The lowest BCUT2D eigenvalue weighted by Crippen LogP contribution is -2.15. The van der Waals surface area contributed by atoms with Crippen molar-refractivity contribution in [3.05, 3.63) is 70.2 Å². The molecule has 0 amide bonds. The van der Waals surface area contributed by atoms with E-state index in [1.54, 1.807) is 0 Å². The Morgan fingerprint density at radius 2 is 1.60 bits per heavy atom. The lowest BCUT2D eigenvalue weighted by atomic mass is 9.82. The molecule has 3 aromatic carbocycles. The average molecular weight is 323 g/mol. The van der Waals surface area contributed by atoms with Crippen LogP contribution >= 0.6 is 15.9 Å². The molecule has 0 unspecified atom stereocenters. The third-order valence-corrected chi connectivity index (χ3v) is 5.12. The molecule has 4 rings (SSSR count). The van der Waals surface area contributed by atoms with Crippen LogP contribution in [0.1, 0.15) is 25.0 Å². The maximum absolute atomic E-state index is 3.80. The molecular formula is C19H15Br. The molecule has 0 aromatic heterocycles. The first-order valence-corrected chi connectivity index (χ1v) is 7.71. The molecule has 1 heteroatoms. The number of benzene rings is 3. The van der Waals surface area contributed by atoms with Crippen molar-refractivity contribution in [3.63, 3.8) is 0 Å². The van der Waals surface area contributed by atoms with Crippen molar-refractivity contribution in [1.29, 1.82) is 0 Å². The van der Waals surface area contributed by atoms with Crippen LogP contribution < -0.4 is 0 Å².